The Morgan fingerprint density at radius 1 is 0.824 bits per heavy atom. The van der Waals surface area contributed by atoms with Crippen molar-refractivity contribution in [3.05, 3.63) is 35.4 Å². The summed E-state index contributed by atoms with van der Waals surface area (Å²) in [5.74, 6) is 2.13. The van der Waals surface area contributed by atoms with E-state index in [2.05, 4.69) is 10.6 Å². The maximum absolute atomic E-state index is 12.9. The molecule has 0 bridgehead atoms. The van der Waals surface area contributed by atoms with E-state index in [-0.39, 0.29) is 11.9 Å². The van der Waals surface area contributed by atoms with Gasteiger partial charge in [0.15, 0.2) is 23.0 Å². The molecule has 0 saturated heterocycles. The fraction of sp³-hybridized carbons (Fsp3) is 0.417. The van der Waals surface area contributed by atoms with Crippen LogP contribution in [-0.4, -0.2) is 65.0 Å². The number of nitrogens with one attached hydrogen (secondary N) is 2. The summed E-state index contributed by atoms with van der Waals surface area (Å²) < 4.78 is 26.7. The van der Waals surface area contributed by atoms with Crippen molar-refractivity contribution in [1.82, 2.24) is 10.2 Å². The van der Waals surface area contributed by atoms with Gasteiger partial charge in [-0.1, -0.05) is 0 Å². The van der Waals surface area contributed by atoms with Gasteiger partial charge in [0.2, 0.25) is 11.7 Å². The molecule has 2 N–H and O–H groups in total. The third kappa shape index (κ3) is 5.22. The Balaban J connectivity index is 1.65. The number of ether oxygens (including phenoxy) is 5. The minimum absolute atomic E-state index is 0.326. The molecule has 10 nitrogen and oxygen atoms in total. The van der Waals surface area contributed by atoms with E-state index in [1.165, 1.54) is 21.3 Å². The van der Waals surface area contributed by atoms with Crippen LogP contribution in [0.5, 0.6) is 28.7 Å². The van der Waals surface area contributed by atoms with Crippen molar-refractivity contribution in [3.8, 4) is 28.7 Å². The van der Waals surface area contributed by atoms with E-state index in [4.69, 9.17) is 23.7 Å². The number of rotatable bonds is 8. The highest BCUT2D eigenvalue weighted by Gasteiger charge is 2.25. The lowest BCUT2D eigenvalue weighted by atomic mass is 9.99. The number of nitrogens with zero attached hydrogens (tertiary/aromatic N) is 1. The van der Waals surface area contributed by atoms with Gasteiger partial charge in [-0.25, -0.2) is 4.79 Å². The van der Waals surface area contributed by atoms with E-state index in [0.29, 0.717) is 53.9 Å². The molecule has 0 aliphatic carbocycles. The topological polar surface area (TPSA) is 108 Å². The summed E-state index contributed by atoms with van der Waals surface area (Å²) >= 11 is 0. The molecule has 1 aliphatic heterocycles. The standard InChI is InChI=1S/C24H31N3O7/c1-14(23(28)26-17-11-20(32-4)22(34-6)21(12-17)33-5)25-24(29)27-8-7-15-9-18(30-2)19(31-3)10-16(15)13-27/h9-12,14H,7-8,13H2,1-6H3,(H,25,29)(H,26,28)/t14-/m0/s1. The third-order valence-corrected chi connectivity index (χ3v) is 5.67. The lowest BCUT2D eigenvalue weighted by molar-refractivity contribution is -0.117. The molecule has 34 heavy (non-hydrogen) atoms. The van der Waals surface area contributed by atoms with Crippen molar-refractivity contribution in [2.75, 3.05) is 47.4 Å². The van der Waals surface area contributed by atoms with Crippen LogP contribution < -0.4 is 34.3 Å². The number of urea groups is 1. The smallest absolute Gasteiger partial charge is 0.318 e. The monoisotopic (exact) mass is 473 g/mol. The first-order chi connectivity index (χ1) is 16.3. The van der Waals surface area contributed by atoms with E-state index in [1.807, 2.05) is 12.1 Å². The normalized spacial score (nSPS) is 13.3. The van der Waals surface area contributed by atoms with E-state index in [9.17, 15) is 9.59 Å². The van der Waals surface area contributed by atoms with Crippen molar-refractivity contribution in [3.63, 3.8) is 0 Å². The molecule has 3 rings (SSSR count). The van der Waals surface area contributed by atoms with Crippen LogP contribution in [0.1, 0.15) is 18.1 Å². The molecule has 2 aromatic rings. The van der Waals surface area contributed by atoms with E-state index < -0.39 is 6.04 Å². The van der Waals surface area contributed by atoms with Crippen LogP contribution >= 0.6 is 0 Å². The molecule has 0 spiro atoms. The molecule has 2 aromatic carbocycles. The molecule has 0 unspecified atom stereocenters. The Bertz CT molecular complexity index is 1030. The average molecular weight is 474 g/mol. The summed E-state index contributed by atoms with van der Waals surface area (Å²) in [4.78, 5) is 27.3. The number of amides is 3. The molecule has 0 radical (unpaired) electrons. The maximum atomic E-state index is 12.9. The second-order valence-corrected chi connectivity index (χ2v) is 7.72. The van der Waals surface area contributed by atoms with E-state index >= 15 is 0 Å². The molecule has 0 saturated carbocycles. The number of fused-ring (bicyclic) bond motifs is 1. The maximum Gasteiger partial charge on any atom is 0.318 e. The number of hydrogen-bond acceptors (Lipinski definition) is 7. The van der Waals surface area contributed by atoms with Gasteiger partial charge in [-0.3, -0.25) is 4.79 Å². The minimum Gasteiger partial charge on any atom is -0.493 e. The Labute approximate surface area is 199 Å². The van der Waals surface area contributed by atoms with Gasteiger partial charge in [0.25, 0.3) is 0 Å². The first kappa shape index (κ1) is 24.8. The third-order valence-electron chi connectivity index (χ3n) is 5.67. The number of carbonyl (C=O) groups is 2. The van der Waals surface area contributed by atoms with Crippen molar-refractivity contribution in [1.29, 1.82) is 0 Å². The molecule has 184 valence electrons. The van der Waals surface area contributed by atoms with Crippen LogP contribution in [0.4, 0.5) is 10.5 Å². The van der Waals surface area contributed by atoms with Gasteiger partial charge in [-0.05, 0) is 36.6 Å². The number of methoxy groups -OCH3 is 5. The average Bonchev–Trinajstić information content (AvgIpc) is 2.86. The first-order valence-electron chi connectivity index (χ1n) is 10.7. The fourth-order valence-electron chi connectivity index (χ4n) is 3.80. The second kappa shape index (κ2) is 10.9. The highest BCUT2D eigenvalue weighted by Crippen LogP contribution is 2.40. The van der Waals surface area contributed by atoms with Crippen molar-refractivity contribution >= 4 is 17.6 Å². The van der Waals surface area contributed by atoms with E-state index in [1.54, 1.807) is 38.2 Å². The van der Waals surface area contributed by atoms with Gasteiger partial charge in [-0.2, -0.15) is 0 Å². The summed E-state index contributed by atoms with van der Waals surface area (Å²) in [5, 5.41) is 5.54. The summed E-state index contributed by atoms with van der Waals surface area (Å²) in [7, 11) is 7.66. The molecule has 10 heteroatoms. The van der Waals surface area contributed by atoms with Crippen molar-refractivity contribution in [2.24, 2.45) is 0 Å². The van der Waals surface area contributed by atoms with Crippen LogP contribution in [0.15, 0.2) is 24.3 Å². The summed E-state index contributed by atoms with van der Waals surface area (Å²) in [5.41, 5.74) is 2.54. The second-order valence-electron chi connectivity index (χ2n) is 7.72. The summed E-state index contributed by atoms with van der Waals surface area (Å²) in [6.07, 6.45) is 0.676. The minimum atomic E-state index is -0.779. The fourth-order valence-corrected chi connectivity index (χ4v) is 3.80. The Morgan fingerprint density at radius 2 is 1.38 bits per heavy atom. The van der Waals surface area contributed by atoms with Crippen LogP contribution in [0, 0.1) is 0 Å². The van der Waals surface area contributed by atoms with Gasteiger partial charge in [0.1, 0.15) is 6.04 Å². The van der Waals surface area contributed by atoms with Crippen LogP contribution in [0.3, 0.4) is 0 Å². The predicted molar refractivity (Wildman–Crippen MR) is 126 cm³/mol. The lowest BCUT2D eigenvalue weighted by Gasteiger charge is -2.30. The number of hydrogen-bond donors (Lipinski definition) is 2. The molecule has 1 heterocycles. The number of benzene rings is 2. The molecular formula is C24H31N3O7. The number of carbonyl (C=O) groups excluding carboxylic acids is 2. The lowest BCUT2D eigenvalue weighted by Crippen LogP contribution is -2.49. The van der Waals surface area contributed by atoms with Gasteiger partial charge in [-0.15, -0.1) is 0 Å². The van der Waals surface area contributed by atoms with Crippen LogP contribution in [-0.2, 0) is 17.8 Å². The van der Waals surface area contributed by atoms with Crippen LogP contribution in [0.25, 0.3) is 0 Å². The zero-order valence-corrected chi connectivity index (χ0v) is 20.3. The molecule has 3 amide bonds. The zero-order valence-electron chi connectivity index (χ0n) is 20.3. The Kier molecular flexibility index (Phi) is 7.93. The molecule has 1 aliphatic rings. The number of anilines is 1. The molecule has 0 fully saturated rings. The highest BCUT2D eigenvalue weighted by molar-refractivity contribution is 5.97. The van der Waals surface area contributed by atoms with Gasteiger partial charge in [0.05, 0.1) is 35.5 Å². The zero-order chi connectivity index (χ0) is 24.8. The van der Waals surface area contributed by atoms with E-state index in [0.717, 1.165) is 11.1 Å². The quantitative estimate of drug-likeness (QED) is 0.607. The Hall–Kier alpha value is -3.82. The van der Waals surface area contributed by atoms with Crippen molar-refractivity contribution in [2.45, 2.75) is 25.9 Å². The summed E-state index contributed by atoms with van der Waals surface area (Å²) in [6.45, 7) is 2.55. The largest absolute Gasteiger partial charge is 0.493 e. The molecule has 0 aromatic heterocycles. The molecule has 1 atom stereocenters. The van der Waals surface area contributed by atoms with Gasteiger partial charge in [0, 0.05) is 30.9 Å². The highest BCUT2D eigenvalue weighted by atomic mass is 16.5. The van der Waals surface area contributed by atoms with Crippen LogP contribution in [0.2, 0.25) is 0 Å². The predicted octanol–water partition coefficient (Wildman–Crippen LogP) is 2.82. The van der Waals surface area contributed by atoms with Gasteiger partial charge < -0.3 is 39.2 Å². The van der Waals surface area contributed by atoms with Gasteiger partial charge >= 0.3 is 6.03 Å². The Morgan fingerprint density at radius 3 is 1.91 bits per heavy atom. The SMILES string of the molecule is COc1cc2c(cc1OC)CN(C(=O)N[C@@H](C)C(=O)Nc1cc(OC)c(OC)c(OC)c1)CC2. The first-order valence-corrected chi connectivity index (χ1v) is 10.7. The summed E-state index contributed by atoms with van der Waals surface area (Å²) in [6, 6.07) is 5.96. The molecular weight excluding hydrogens is 442 g/mol. The van der Waals surface area contributed by atoms with Crippen molar-refractivity contribution < 1.29 is 33.3 Å².